The summed E-state index contributed by atoms with van der Waals surface area (Å²) in [5, 5.41) is 7.70. The van der Waals surface area contributed by atoms with Gasteiger partial charge in [0, 0.05) is 11.8 Å². The van der Waals surface area contributed by atoms with Crippen LogP contribution in [0.5, 0.6) is 11.6 Å². The maximum atomic E-state index is 5.66. The molecule has 2 heterocycles. The summed E-state index contributed by atoms with van der Waals surface area (Å²) in [6.07, 6.45) is 3.25. The lowest BCUT2D eigenvalue weighted by Gasteiger charge is -2.08. The molecule has 0 aliphatic heterocycles. The molecule has 0 aliphatic rings. The molecule has 0 saturated heterocycles. The predicted octanol–water partition coefficient (Wildman–Crippen LogP) is 2.31. The normalized spacial score (nSPS) is 10.2. The quantitative estimate of drug-likeness (QED) is 0.782. The summed E-state index contributed by atoms with van der Waals surface area (Å²) >= 11 is 0. The minimum Gasteiger partial charge on any atom is -0.434 e. The number of hydrogen-bond acceptors (Lipinski definition) is 6. The first-order valence-electron chi connectivity index (χ1n) is 5.96. The third-order valence-electron chi connectivity index (χ3n) is 2.57. The van der Waals surface area contributed by atoms with Crippen LogP contribution in [0.15, 0.2) is 54.9 Å². The first kappa shape index (κ1) is 12.0. The highest BCUT2D eigenvalue weighted by atomic mass is 16.5. The van der Waals surface area contributed by atoms with Gasteiger partial charge >= 0.3 is 0 Å². The molecule has 0 amide bonds. The average molecular weight is 265 g/mol. The van der Waals surface area contributed by atoms with Crippen LogP contribution in [0.2, 0.25) is 0 Å². The van der Waals surface area contributed by atoms with Crippen molar-refractivity contribution >= 4 is 5.95 Å². The number of nitrogens with zero attached hydrogens (tertiary/aromatic N) is 4. The second-order valence-electron chi connectivity index (χ2n) is 3.98. The van der Waals surface area contributed by atoms with Crippen LogP contribution in [0, 0.1) is 0 Å². The van der Waals surface area contributed by atoms with Crippen molar-refractivity contribution in [1.29, 1.82) is 0 Å². The number of rotatable bonds is 3. The van der Waals surface area contributed by atoms with Crippen LogP contribution >= 0.6 is 0 Å². The van der Waals surface area contributed by atoms with E-state index in [1.807, 2.05) is 30.3 Å². The zero-order chi connectivity index (χ0) is 13.8. The highest BCUT2D eigenvalue weighted by Crippen LogP contribution is 2.29. The Hall–Kier alpha value is -3.02. The molecule has 2 aromatic heterocycles. The number of ether oxygens (including phenoxy) is 1. The van der Waals surface area contributed by atoms with Crippen LogP contribution in [-0.4, -0.2) is 20.2 Å². The van der Waals surface area contributed by atoms with Gasteiger partial charge in [-0.25, -0.2) is 4.98 Å². The summed E-state index contributed by atoms with van der Waals surface area (Å²) < 4.78 is 5.66. The monoisotopic (exact) mass is 265 g/mol. The van der Waals surface area contributed by atoms with Crippen molar-refractivity contribution in [3.8, 4) is 22.9 Å². The van der Waals surface area contributed by atoms with Crippen molar-refractivity contribution in [3.05, 3.63) is 54.9 Å². The van der Waals surface area contributed by atoms with E-state index < -0.39 is 0 Å². The van der Waals surface area contributed by atoms with Gasteiger partial charge in [-0.1, -0.05) is 30.3 Å². The zero-order valence-electron chi connectivity index (χ0n) is 10.5. The number of anilines is 1. The summed E-state index contributed by atoms with van der Waals surface area (Å²) in [6.45, 7) is 0. The Balaban J connectivity index is 2.03. The number of benzene rings is 1. The molecular formula is C14H11N5O. The lowest BCUT2D eigenvalue weighted by Crippen LogP contribution is -2.02. The number of pyridine rings is 1. The highest BCUT2D eigenvalue weighted by molar-refractivity contribution is 5.65. The Labute approximate surface area is 115 Å². The van der Waals surface area contributed by atoms with E-state index in [0.29, 0.717) is 17.3 Å². The van der Waals surface area contributed by atoms with E-state index in [1.54, 1.807) is 24.5 Å². The van der Waals surface area contributed by atoms with Crippen LogP contribution in [0.1, 0.15) is 0 Å². The largest absolute Gasteiger partial charge is 0.434 e. The molecular weight excluding hydrogens is 254 g/mol. The molecule has 0 saturated carbocycles. The van der Waals surface area contributed by atoms with Crippen LogP contribution in [-0.2, 0) is 0 Å². The van der Waals surface area contributed by atoms with Crippen molar-refractivity contribution in [2.45, 2.75) is 0 Å². The second kappa shape index (κ2) is 5.31. The second-order valence-corrected chi connectivity index (χ2v) is 3.98. The summed E-state index contributed by atoms with van der Waals surface area (Å²) in [6, 6.07) is 13.1. The maximum absolute atomic E-state index is 5.66. The maximum Gasteiger partial charge on any atom is 0.265 e. The lowest BCUT2D eigenvalue weighted by molar-refractivity contribution is 0.452. The fraction of sp³-hybridized carbons (Fsp3) is 0. The standard InChI is InChI=1S/C14H11N5O/c15-14-17-12(10-5-2-1-3-6-10)13(18-19-14)20-11-7-4-8-16-9-11/h1-9H,(H2,15,17,19). The minimum absolute atomic E-state index is 0.0994. The van der Waals surface area contributed by atoms with E-state index in [4.69, 9.17) is 10.5 Å². The first-order chi connectivity index (χ1) is 9.83. The van der Waals surface area contributed by atoms with Gasteiger partial charge in [0.05, 0.1) is 6.20 Å². The van der Waals surface area contributed by atoms with Gasteiger partial charge in [0.15, 0.2) is 0 Å². The molecule has 0 atom stereocenters. The molecule has 0 aliphatic carbocycles. The first-order valence-corrected chi connectivity index (χ1v) is 5.96. The van der Waals surface area contributed by atoms with E-state index in [9.17, 15) is 0 Å². The van der Waals surface area contributed by atoms with Crippen molar-refractivity contribution in [1.82, 2.24) is 20.2 Å². The van der Waals surface area contributed by atoms with Crippen molar-refractivity contribution in [2.24, 2.45) is 0 Å². The minimum atomic E-state index is 0.0994. The summed E-state index contributed by atoms with van der Waals surface area (Å²) in [7, 11) is 0. The molecule has 0 unspecified atom stereocenters. The van der Waals surface area contributed by atoms with E-state index in [-0.39, 0.29) is 5.95 Å². The summed E-state index contributed by atoms with van der Waals surface area (Å²) in [5.41, 5.74) is 7.00. The van der Waals surface area contributed by atoms with Crippen LogP contribution < -0.4 is 10.5 Å². The molecule has 0 radical (unpaired) electrons. The van der Waals surface area contributed by atoms with Crippen LogP contribution in [0.25, 0.3) is 11.3 Å². The fourth-order valence-electron chi connectivity index (χ4n) is 1.70. The molecule has 1 aromatic carbocycles. The number of nitrogen functional groups attached to an aromatic ring is 1. The molecule has 6 nitrogen and oxygen atoms in total. The number of aromatic nitrogens is 4. The summed E-state index contributed by atoms with van der Waals surface area (Å²) in [4.78, 5) is 8.18. The van der Waals surface area contributed by atoms with Crippen LogP contribution in [0.4, 0.5) is 5.95 Å². The van der Waals surface area contributed by atoms with Crippen molar-refractivity contribution < 1.29 is 4.74 Å². The van der Waals surface area contributed by atoms with Gasteiger partial charge in [-0.2, -0.15) is 0 Å². The molecule has 3 aromatic rings. The van der Waals surface area contributed by atoms with Gasteiger partial charge in [0.25, 0.3) is 5.88 Å². The molecule has 3 rings (SSSR count). The van der Waals surface area contributed by atoms with E-state index in [1.165, 1.54) is 0 Å². The third kappa shape index (κ3) is 2.54. The summed E-state index contributed by atoms with van der Waals surface area (Å²) in [5.74, 6) is 0.950. The van der Waals surface area contributed by atoms with Crippen LogP contribution in [0.3, 0.4) is 0 Å². The van der Waals surface area contributed by atoms with Gasteiger partial charge < -0.3 is 10.5 Å². The fourth-order valence-corrected chi connectivity index (χ4v) is 1.70. The Bertz CT molecular complexity index is 703. The van der Waals surface area contributed by atoms with Gasteiger partial charge in [0.2, 0.25) is 5.95 Å². The van der Waals surface area contributed by atoms with Gasteiger partial charge in [-0.05, 0) is 12.1 Å². The van der Waals surface area contributed by atoms with Crippen molar-refractivity contribution in [3.63, 3.8) is 0 Å². The number of nitrogens with two attached hydrogens (primary N) is 1. The third-order valence-corrected chi connectivity index (χ3v) is 2.57. The Morgan fingerprint density at radius 3 is 2.55 bits per heavy atom. The smallest absolute Gasteiger partial charge is 0.265 e. The van der Waals surface area contributed by atoms with Gasteiger partial charge in [-0.3, -0.25) is 4.98 Å². The number of hydrogen-bond donors (Lipinski definition) is 1. The molecule has 0 spiro atoms. The predicted molar refractivity (Wildman–Crippen MR) is 74.0 cm³/mol. The van der Waals surface area contributed by atoms with Gasteiger partial charge in [-0.15, -0.1) is 10.2 Å². The Kier molecular flexibility index (Phi) is 3.20. The molecule has 2 N–H and O–H groups in total. The van der Waals surface area contributed by atoms with E-state index in [0.717, 1.165) is 5.56 Å². The molecule has 98 valence electrons. The molecule has 0 fully saturated rings. The SMILES string of the molecule is Nc1nnc(Oc2cccnc2)c(-c2ccccc2)n1. The highest BCUT2D eigenvalue weighted by Gasteiger charge is 2.12. The Morgan fingerprint density at radius 1 is 0.950 bits per heavy atom. The van der Waals surface area contributed by atoms with E-state index >= 15 is 0 Å². The topological polar surface area (TPSA) is 86.8 Å². The lowest BCUT2D eigenvalue weighted by atomic mass is 10.1. The van der Waals surface area contributed by atoms with Crippen molar-refractivity contribution in [2.75, 3.05) is 5.73 Å². The molecule has 6 heteroatoms. The molecule has 0 bridgehead atoms. The Morgan fingerprint density at radius 2 is 1.80 bits per heavy atom. The average Bonchev–Trinajstić information content (AvgIpc) is 2.51. The van der Waals surface area contributed by atoms with E-state index in [2.05, 4.69) is 20.2 Å². The van der Waals surface area contributed by atoms with Gasteiger partial charge in [0.1, 0.15) is 11.4 Å². The molecule has 20 heavy (non-hydrogen) atoms. The zero-order valence-corrected chi connectivity index (χ0v) is 10.5.